The number of aryl methyl sites for hydroxylation is 2. The molecule has 3 aromatic rings. The summed E-state index contributed by atoms with van der Waals surface area (Å²) in [6, 6.07) is 3.41. The maximum Gasteiger partial charge on any atom is 0.361 e. The Morgan fingerprint density at radius 2 is 2.26 bits per heavy atom. The second-order valence-corrected chi connectivity index (χ2v) is 6.08. The van der Waals surface area contributed by atoms with Crippen LogP contribution >= 0.6 is 11.3 Å². The van der Waals surface area contributed by atoms with Crippen molar-refractivity contribution >= 4 is 17.3 Å². The summed E-state index contributed by atoms with van der Waals surface area (Å²) in [6.45, 7) is 5.79. The van der Waals surface area contributed by atoms with Crippen molar-refractivity contribution in [3.05, 3.63) is 46.1 Å². The lowest BCUT2D eigenvalue weighted by atomic mass is 10.2. The lowest BCUT2D eigenvalue weighted by Crippen LogP contribution is -2.10. The van der Waals surface area contributed by atoms with E-state index in [2.05, 4.69) is 9.97 Å². The fourth-order valence-electron chi connectivity index (χ4n) is 2.24. The van der Waals surface area contributed by atoms with E-state index in [9.17, 15) is 4.79 Å². The van der Waals surface area contributed by atoms with Gasteiger partial charge in [0.25, 0.3) is 0 Å². The number of hydrogen-bond donors (Lipinski definition) is 0. The summed E-state index contributed by atoms with van der Waals surface area (Å²) in [5.74, 6) is 0.148. The predicted octanol–water partition coefficient (Wildman–Crippen LogP) is 4.18. The Morgan fingerprint density at radius 1 is 1.43 bits per heavy atom. The first-order valence-electron chi connectivity index (χ1n) is 7.24. The molecule has 6 nitrogen and oxygen atoms in total. The SMILES string of the molecule is CCc1nc(C)c(C(C)OC(=O)c2ncoc2-c2ccco2)s1. The van der Waals surface area contributed by atoms with Gasteiger partial charge in [0.05, 0.1) is 21.8 Å². The highest BCUT2D eigenvalue weighted by Crippen LogP contribution is 2.30. The number of aromatic nitrogens is 2. The van der Waals surface area contributed by atoms with Crippen LogP contribution in [0.1, 0.15) is 46.0 Å². The number of furan rings is 1. The number of oxazole rings is 1. The lowest BCUT2D eigenvalue weighted by Gasteiger charge is -2.11. The van der Waals surface area contributed by atoms with Crippen LogP contribution in [0.2, 0.25) is 0 Å². The van der Waals surface area contributed by atoms with Crippen molar-refractivity contribution < 1.29 is 18.4 Å². The average molecular weight is 332 g/mol. The Balaban J connectivity index is 1.79. The zero-order chi connectivity index (χ0) is 16.4. The van der Waals surface area contributed by atoms with Gasteiger partial charge in [0, 0.05) is 0 Å². The van der Waals surface area contributed by atoms with E-state index in [4.69, 9.17) is 13.6 Å². The van der Waals surface area contributed by atoms with Gasteiger partial charge in [-0.1, -0.05) is 6.92 Å². The van der Waals surface area contributed by atoms with Gasteiger partial charge in [-0.15, -0.1) is 11.3 Å². The lowest BCUT2D eigenvalue weighted by molar-refractivity contribution is 0.0337. The van der Waals surface area contributed by atoms with Gasteiger partial charge >= 0.3 is 5.97 Å². The molecule has 0 aliphatic carbocycles. The first-order chi connectivity index (χ1) is 11.1. The third kappa shape index (κ3) is 3.05. The van der Waals surface area contributed by atoms with Gasteiger partial charge in [-0.05, 0) is 32.4 Å². The van der Waals surface area contributed by atoms with E-state index >= 15 is 0 Å². The molecule has 0 fully saturated rings. The summed E-state index contributed by atoms with van der Waals surface area (Å²) in [4.78, 5) is 21.7. The average Bonchev–Trinajstić information content (AvgIpc) is 3.26. The van der Waals surface area contributed by atoms with Crippen molar-refractivity contribution in [1.29, 1.82) is 0 Å². The van der Waals surface area contributed by atoms with Crippen LogP contribution in [0.4, 0.5) is 0 Å². The predicted molar refractivity (Wildman–Crippen MR) is 84.3 cm³/mol. The normalized spacial score (nSPS) is 12.3. The summed E-state index contributed by atoms with van der Waals surface area (Å²) in [6.07, 6.45) is 3.16. The molecule has 7 heteroatoms. The Labute approximate surface area is 137 Å². The van der Waals surface area contributed by atoms with E-state index < -0.39 is 12.1 Å². The van der Waals surface area contributed by atoms with Crippen LogP contribution in [0, 0.1) is 6.92 Å². The van der Waals surface area contributed by atoms with Crippen LogP contribution in [0.3, 0.4) is 0 Å². The molecule has 23 heavy (non-hydrogen) atoms. The van der Waals surface area contributed by atoms with Crippen molar-refractivity contribution in [1.82, 2.24) is 9.97 Å². The molecule has 1 unspecified atom stereocenters. The number of carbonyl (C=O) groups excluding carboxylic acids is 1. The molecule has 3 aromatic heterocycles. The second-order valence-electron chi connectivity index (χ2n) is 4.97. The first kappa shape index (κ1) is 15.5. The number of rotatable bonds is 5. The van der Waals surface area contributed by atoms with E-state index in [1.54, 1.807) is 23.5 Å². The molecule has 0 bridgehead atoms. The van der Waals surface area contributed by atoms with Crippen LogP contribution in [-0.2, 0) is 11.2 Å². The molecule has 1 atom stereocenters. The Bertz CT molecular complexity index is 804. The Morgan fingerprint density at radius 3 is 2.91 bits per heavy atom. The third-order valence-electron chi connectivity index (χ3n) is 3.34. The van der Waals surface area contributed by atoms with Crippen molar-refractivity contribution in [3.8, 4) is 11.5 Å². The van der Waals surface area contributed by atoms with Gasteiger partial charge in [-0.2, -0.15) is 0 Å². The number of esters is 1. The molecule has 0 aliphatic rings. The van der Waals surface area contributed by atoms with Crippen molar-refractivity contribution in [2.45, 2.75) is 33.3 Å². The number of ether oxygens (including phenoxy) is 1. The van der Waals surface area contributed by atoms with Gasteiger partial charge in [0.2, 0.25) is 5.76 Å². The molecule has 120 valence electrons. The van der Waals surface area contributed by atoms with Crippen LogP contribution in [0.5, 0.6) is 0 Å². The number of nitrogens with zero attached hydrogens (tertiary/aromatic N) is 2. The molecule has 0 saturated carbocycles. The fraction of sp³-hybridized carbons (Fsp3) is 0.312. The molecule has 0 spiro atoms. The van der Waals surface area contributed by atoms with Crippen LogP contribution in [-0.4, -0.2) is 15.9 Å². The van der Waals surface area contributed by atoms with Gasteiger partial charge in [0.1, 0.15) is 6.10 Å². The molecule has 3 heterocycles. The van der Waals surface area contributed by atoms with Gasteiger partial charge < -0.3 is 13.6 Å². The summed E-state index contributed by atoms with van der Waals surface area (Å²) in [5, 5.41) is 1.03. The zero-order valence-corrected chi connectivity index (χ0v) is 13.8. The highest BCUT2D eigenvalue weighted by molar-refractivity contribution is 7.11. The minimum absolute atomic E-state index is 0.102. The van der Waals surface area contributed by atoms with Gasteiger partial charge in [0.15, 0.2) is 17.8 Å². The van der Waals surface area contributed by atoms with Crippen LogP contribution in [0.25, 0.3) is 11.5 Å². The molecular formula is C16H16N2O4S. The zero-order valence-electron chi connectivity index (χ0n) is 13.0. The molecule has 0 aromatic carbocycles. The van der Waals surface area contributed by atoms with E-state index in [0.29, 0.717) is 5.76 Å². The van der Waals surface area contributed by atoms with Crippen molar-refractivity contribution in [2.24, 2.45) is 0 Å². The Hall–Kier alpha value is -2.41. The summed E-state index contributed by atoms with van der Waals surface area (Å²) < 4.78 is 16.0. The highest BCUT2D eigenvalue weighted by atomic mass is 32.1. The Kier molecular flexibility index (Phi) is 4.29. The number of thiazole rings is 1. The quantitative estimate of drug-likeness (QED) is 0.652. The topological polar surface area (TPSA) is 78.4 Å². The van der Waals surface area contributed by atoms with E-state index in [1.165, 1.54) is 12.7 Å². The van der Waals surface area contributed by atoms with Crippen molar-refractivity contribution in [3.63, 3.8) is 0 Å². The minimum atomic E-state index is -0.552. The molecule has 0 aliphatic heterocycles. The molecule has 0 radical (unpaired) electrons. The standard InChI is InChI=1S/C16H16N2O4S/c1-4-12-18-9(2)15(23-12)10(3)22-16(19)13-14(21-8-17-13)11-6-5-7-20-11/h5-8,10H,4H2,1-3H3. The summed E-state index contributed by atoms with van der Waals surface area (Å²) in [5.41, 5.74) is 0.989. The highest BCUT2D eigenvalue weighted by Gasteiger charge is 2.25. The largest absolute Gasteiger partial charge is 0.461 e. The molecule has 3 rings (SSSR count). The van der Waals surface area contributed by atoms with Gasteiger partial charge in [-0.25, -0.2) is 14.8 Å². The molecular weight excluding hydrogens is 316 g/mol. The molecule has 0 N–H and O–H groups in total. The fourth-order valence-corrected chi connectivity index (χ4v) is 3.23. The maximum atomic E-state index is 12.4. The van der Waals surface area contributed by atoms with Crippen LogP contribution in [0.15, 0.2) is 33.6 Å². The number of carbonyl (C=O) groups is 1. The minimum Gasteiger partial charge on any atom is -0.461 e. The van der Waals surface area contributed by atoms with E-state index in [1.807, 2.05) is 20.8 Å². The first-order valence-corrected chi connectivity index (χ1v) is 8.06. The van der Waals surface area contributed by atoms with E-state index in [-0.39, 0.29) is 11.5 Å². The monoisotopic (exact) mass is 332 g/mol. The smallest absolute Gasteiger partial charge is 0.361 e. The molecule has 0 saturated heterocycles. The second kappa shape index (κ2) is 6.37. The third-order valence-corrected chi connectivity index (χ3v) is 4.80. The summed E-state index contributed by atoms with van der Waals surface area (Å²) >= 11 is 1.56. The van der Waals surface area contributed by atoms with E-state index in [0.717, 1.165) is 22.0 Å². The van der Waals surface area contributed by atoms with Gasteiger partial charge in [-0.3, -0.25) is 0 Å². The van der Waals surface area contributed by atoms with Crippen molar-refractivity contribution in [2.75, 3.05) is 0 Å². The summed E-state index contributed by atoms with van der Waals surface area (Å²) in [7, 11) is 0. The maximum absolute atomic E-state index is 12.4. The molecule has 0 amide bonds. The van der Waals surface area contributed by atoms with Crippen LogP contribution < -0.4 is 0 Å². The number of hydrogen-bond acceptors (Lipinski definition) is 7.